The van der Waals surface area contributed by atoms with Crippen LogP contribution in [0.25, 0.3) is 11.1 Å². The van der Waals surface area contributed by atoms with Gasteiger partial charge in [0, 0.05) is 12.1 Å². The summed E-state index contributed by atoms with van der Waals surface area (Å²) < 4.78 is 32.4. The molecule has 1 unspecified atom stereocenters. The fourth-order valence-electron chi connectivity index (χ4n) is 5.98. The average molecular weight is 469 g/mol. The first-order valence-corrected chi connectivity index (χ1v) is 12.0. The van der Waals surface area contributed by atoms with Gasteiger partial charge in [-0.25, -0.2) is 9.18 Å². The van der Waals surface area contributed by atoms with Crippen molar-refractivity contribution in [1.82, 2.24) is 10.2 Å². The Kier molecular flexibility index (Phi) is 5.92. The quantitative estimate of drug-likeness (QED) is 0.673. The molecule has 0 spiro atoms. The summed E-state index contributed by atoms with van der Waals surface area (Å²) in [6.45, 7) is 7.17. The Morgan fingerprint density at radius 2 is 1.79 bits per heavy atom. The number of fused-ring (bicyclic) bond motifs is 4. The molecule has 4 aliphatic rings. The lowest BCUT2D eigenvalue weighted by Gasteiger charge is -2.44. The van der Waals surface area contributed by atoms with E-state index in [2.05, 4.69) is 24.1 Å². The number of hydrogen-bond acceptors (Lipinski definition) is 5. The zero-order chi connectivity index (χ0) is 24.0. The summed E-state index contributed by atoms with van der Waals surface area (Å²) in [4.78, 5) is 15.3. The normalized spacial score (nSPS) is 26.6. The van der Waals surface area contributed by atoms with E-state index in [1.807, 2.05) is 12.1 Å². The molecule has 2 atom stereocenters. The largest absolute Gasteiger partial charge is 0.496 e. The number of rotatable bonds is 5. The predicted octanol–water partition coefficient (Wildman–Crippen LogP) is 4.95. The Balaban J connectivity index is 1.42. The molecule has 34 heavy (non-hydrogen) atoms. The smallest absolute Gasteiger partial charge is 0.407 e. The Bertz CT molecular complexity index is 1070. The highest BCUT2D eigenvalue weighted by Crippen LogP contribution is 2.49. The summed E-state index contributed by atoms with van der Waals surface area (Å²) in [6.07, 6.45) is 2.38. The van der Waals surface area contributed by atoms with Gasteiger partial charge in [0.25, 0.3) is 0 Å². The van der Waals surface area contributed by atoms with Crippen LogP contribution in [0.2, 0.25) is 0 Å². The van der Waals surface area contributed by atoms with Crippen LogP contribution in [0.4, 0.5) is 9.18 Å². The number of hydrogen-bond donors (Lipinski definition) is 1. The van der Waals surface area contributed by atoms with Gasteiger partial charge in [0.15, 0.2) is 0 Å². The summed E-state index contributed by atoms with van der Waals surface area (Å²) in [5, 5.41) is 3.07. The average Bonchev–Trinajstić information content (AvgIpc) is 3.07. The summed E-state index contributed by atoms with van der Waals surface area (Å²) >= 11 is 0. The van der Waals surface area contributed by atoms with Gasteiger partial charge in [-0.05, 0) is 79.1 Å². The van der Waals surface area contributed by atoms with Crippen LogP contribution < -0.4 is 14.8 Å². The maximum Gasteiger partial charge on any atom is 0.407 e. The summed E-state index contributed by atoms with van der Waals surface area (Å²) in [7, 11) is 3.13. The number of nitrogens with one attached hydrogen (secondary N) is 1. The lowest BCUT2D eigenvalue weighted by molar-refractivity contribution is -0.0349. The number of amides is 1. The molecule has 3 aliphatic heterocycles. The number of halogens is 1. The van der Waals surface area contributed by atoms with Gasteiger partial charge in [0.05, 0.1) is 25.8 Å². The molecule has 3 saturated heterocycles. The third-order valence-electron chi connectivity index (χ3n) is 7.78. The fourth-order valence-corrected chi connectivity index (χ4v) is 5.98. The van der Waals surface area contributed by atoms with Crippen molar-refractivity contribution < 1.29 is 23.4 Å². The Morgan fingerprint density at radius 1 is 1.12 bits per heavy atom. The molecule has 7 heteroatoms. The first kappa shape index (κ1) is 23.0. The molecule has 1 amide bonds. The maximum atomic E-state index is 15.5. The lowest BCUT2D eigenvalue weighted by Crippen LogP contribution is -2.53. The van der Waals surface area contributed by atoms with Crippen molar-refractivity contribution in [3.05, 3.63) is 47.3 Å². The van der Waals surface area contributed by atoms with E-state index >= 15 is 4.39 Å². The number of benzene rings is 2. The Labute approximate surface area is 200 Å². The molecule has 2 aromatic rings. The second-order valence-corrected chi connectivity index (χ2v) is 10.4. The highest BCUT2D eigenvalue weighted by Gasteiger charge is 2.42. The van der Waals surface area contributed by atoms with Crippen LogP contribution in [0.15, 0.2) is 30.3 Å². The third-order valence-corrected chi connectivity index (χ3v) is 7.78. The minimum absolute atomic E-state index is 0.0661. The molecule has 2 aromatic carbocycles. The number of ether oxygens (including phenoxy) is 3. The molecule has 0 aromatic heterocycles. The standard InChI is InChI=1S/C27H33FN2O4/c1-27(2)14-17-12-19(24-21(32-3)6-5-7-22(24)33-4)20(28)13-18(17)25(27)29-26(31)34-23-15-30-10-8-16(23)9-11-30/h5-7,12-13,16,23,25H,8-11,14-15H2,1-4H3,(H,29,31)/t23-,25?/m0/s1. The van der Waals surface area contributed by atoms with Crippen LogP contribution in [-0.4, -0.2) is 51.0 Å². The Hall–Kier alpha value is -2.80. The van der Waals surface area contributed by atoms with Gasteiger partial charge in [0.2, 0.25) is 0 Å². The molecule has 0 radical (unpaired) electrons. The minimum Gasteiger partial charge on any atom is -0.496 e. The number of carbonyl (C=O) groups is 1. The number of piperidine rings is 3. The van der Waals surface area contributed by atoms with E-state index in [9.17, 15) is 4.79 Å². The molecule has 182 valence electrons. The van der Waals surface area contributed by atoms with Gasteiger partial charge in [0.1, 0.15) is 23.4 Å². The summed E-state index contributed by atoms with van der Waals surface area (Å²) in [5.74, 6) is 1.16. The number of alkyl carbamates (subject to hydrolysis) is 1. The SMILES string of the molecule is COc1cccc(OC)c1-c1cc2c(cc1F)C(NC(=O)O[C@H]1CN3CCC1CC3)C(C)(C)C2. The van der Waals surface area contributed by atoms with Gasteiger partial charge in [-0.2, -0.15) is 0 Å². The lowest BCUT2D eigenvalue weighted by atomic mass is 9.85. The molecule has 6 nitrogen and oxygen atoms in total. The molecular formula is C27H33FN2O4. The molecule has 3 fully saturated rings. The highest BCUT2D eigenvalue weighted by molar-refractivity contribution is 5.78. The van der Waals surface area contributed by atoms with Crippen molar-refractivity contribution >= 4 is 6.09 Å². The minimum atomic E-state index is -0.416. The number of carbonyl (C=O) groups excluding carboxylic acids is 1. The van der Waals surface area contributed by atoms with Crippen LogP contribution >= 0.6 is 0 Å². The van der Waals surface area contributed by atoms with Crippen molar-refractivity contribution in [3.63, 3.8) is 0 Å². The van der Waals surface area contributed by atoms with Crippen LogP contribution in [0.3, 0.4) is 0 Å². The molecule has 1 aliphatic carbocycles. The summed E-state index contributed by atoms with van der Waals surface area (Å²) in [5.41, 5.74) is 2.53. The molecule has 3 heterocycles. The van der Waals surface area contributed by atoms with E-state index in [-0.39, 0.29) is 23.4 Å². The van der Waals surface area contributed by atoms with Crippen molar-refractivity contribution in [1.29, 1.82) is 0 Å². The second kappa shape index (κ2) is 8.77. The van der Waals surface area contributed by atoms with E-state index in [4.69, 9.17) is 14.2 Å². The van der Waals surface area contributed by atoms with Gasteiger partial charge in [-0.3, -0.25) is 4.90 Å². The van der Waals surface area contributed by atoms with Crippen molar-refractivity contribution in [2.24, 2.45) is 11.3 Å². The van der Waals surface area contributed by atoms with Gasteiger partial charge < -0.3 is 19.5 Å². The topological polar surface area (TPSA) is 60.0 Å². The van der Waals surface area contributed by atoms with Crippen LogP contribution in [-0.2, 0) is 11.2 Å². The second-order valence-electron chi connectivity index (χ2n) is 10.4. The van der Waals surface area contributed by atoms with Crippen LogP contribution in [0.5, 0.6) is 11.5 Å². The maximum absolute atomic E-state index is 15.5. The molecule has 1 N–H and O–H groups in total. The van der Waals surface area contributed by atoms with Gasteiger partial charge >= 0.3 is 6.09 Å². The van der Waals surface area contributed by atoms with Crippen LogP contribution in [0, 0.1) is 17.2 Å². The fraction of sp³-hybridized carbons (Fsp3) is 0.519. The Morgan fingerprint density at radius 3 is 2.38 bits per heavy atom. The zero-order valence-corrected chi connectivity index (χ0v) is 20.3. The number of nitrogens with zero attached hydrogens (tertiary/aromatic N) is 1. The molecule has 6 rings (SSSR count). The van der Waals surface area contributed by atoms with E-state index in [0.29, 0.717) is 35.0 Å². The van der Waals surface area contributed by atoms with Crippen molar-refractivity contribution in [2.75, 3.05) is 33.9 Å². The third kappa shape index (κ3) is 4.00. The van der Waals surface area contributed by atoms with E-state index in [0.717, 1.165) is 43.6 Å². The van der Waals surface area contributed by atoms with E-state index < -0.39 is 6.09 Å². The van der Waals surface area contributed by atoms with Crippen molar-refractivity contribution in [3.8, 4) is 22.6 Å². The first-order chi connectivity index (χ1) is 16.3. The van der Waals surface area contributed by atoms with Gasteiger partial charge in [-0.15, -0.1) is 0 Å². The van der Waals surface area contributed by atoms with Crippen LogP contribution in [0.1, 0.15) is 43.9 Å². The van der Waals surface area contributed by atoms with E-state index in [1.165, 1.54) is 0 Å². The molecule has 2 bridgehead atoms. The van der Waals surface area contributed by atoms with Gasteiger partial charge in [-0.1, -0.05) is 19.9 Å². The summed E-state index contributed by atoms with van der Waals surface area (Å²) in [6, 6.07) is 8.49. The monoisotopic (exact) mass is 468 g/mol. The number of methoxy groups -OCH3 is 2. The van der Waals surface area contributed by atoms with Crippen molar-refractivity contribution in [2.45, 2.75) is 45.3 Å². The molecule has 0 saturated carbocycles. The molecular weight excluding hydrogens is 435 g/mol. The first-order valence-electron chi connectivity index (χ1n) is 12.0. The van der Waals surface area contributed by atoms with E-state index in [1.54, 1.807) is 32.4 Å². The zero-order valence-electron chi connectivity index (χ0n) is 20.3. The highest BCUT2D eigenvalue weighted by atomic mass is 19.1. The predicted molar refractivity (Wildman–Crippen MR) is 128 cm³/mol.